The molecule has 1 aliphatic rings. The molecule has 1 aliphatic carbocycles. The van der Waals surface area contributed by atoms with E-state index in [9.17, 15) is 8.42 Å². The van der Waals surface area contributed by atoms with E-state index in [1.165, 1.54) is 0 Å². The van der Waals surface area contributed by atoms with Crippen molar-refractivity contribution in [2.45, 2.75) is 50.1 Å². The van der Waals surface area contributed by atoms with Crippen molar-refractivity contribution in [3.8, 4) is 0 Å². The number of rotatable bonds is 3. The molecule has 7 nitrogen and oxygen atoms in total. The molecule has 2 aromatic rings. The summed E-state index contributed by atoms with van der Waals surface area (Å²) < 4.78 is 32.8. The summed E-state index contributed by atoms with van der Waals surface area (Å²) in [7, 11) is -3.68. The quantitative estimate of drug-likeness (QED) is 0.869. The molecule has 1 fully saturated rings. The molecule has 0 saturated heterocycles. The zero-order chi connectivity index (χ0) is 15.2. The zero-order valence-corrected chi connectivity index (χ0v) is 14.0. The van der Waals surface area contributed by atoms with Crippen molar-refractivity contribution < 1.29 is 13.0 Å². The summed E-state index contributed by atoms with van der Waals surface area (Å²) in [5.74, 6) is 0. The first-order chi connectivity index (χ1) is 9.88. The Hall–Kier alpha value is -1.22. The third-order valence-electron chi connectivity index (χ3n) is 3.93. The van der Waals surface area contributed by atoms with E-state index in [1.807, 2.05) is 6.92 Å². The van der Waals surface area contributed by atoms with Crippen molar-refractivity contribution in [2.75, 3.05) is 0 Å². The summed E-state index contributed by atoms with van der Waals surface area (Å²) in [5.41, 5.74) is 8.06. The SMILES string of the molecule is Cc1cc(C)c2nonc2c1S(=O)(=O)N[C@@H]1CC[C@@H](N)C1.Cl. The molecule has 0 spiro atoms. The fourth-order valence-electron chi connectivity index (χ4n) is 2.98. The predicted molar refractivity (Wildman–Crippen MR) is 84.5 cm³/mol. The minimum atomic E-state index is -3.68. The first-order valence-corrected chi connectivity index (χ1v) is 8.37. The second-order valence-electron chi connectivity index (χ2n) is 5.69. The highest BCUT2D eigenvalue weighted by Gasteiger charge is 2.30. The fourth-order valence-corrected chi connectivity index (χ4v) is 4.62. The Kier molecular flexibility index (Phi) is 4.76. The number of sulfonamides is 1. The predicted octanol–water partition coefficient (Wildman–Crippen LogP) is 1.42. The number of aryl methyl sites for hydroxylation is 2. The van der Waals surface area contributed by atoms with Gasteiger partial charge in [0.1, 0.15) is 10.4 Å². The molecule has 0 bridgehead atoms. The van der Waals surface area contributed by atoms with Crippen molar-refractivity contribution in [3.63, 3.8) is 0 Å². The zero-order valence-electron chi connectivity index (χ0n) is 12.4. The fraction of sp³-hybridized carbons (Fsp3) is 0.538. The highest BCUT2D eigenvalue weighted by Crippen LogP contribution is 2.28. The molecular formula is C13H19ClN4O3S. The molecule has 1 saturated carbocycles. The largest absolute Gasteiger partial charge is 0.328 e. The van der Waals surface area contributed by atoms with Crippen molar-refractivity contribution >= 4 is 33.5 Å². The van der Waals surface area contributed by atoms with E-state index in [0.717, 1.165) is 18.4 Å². The number of nitrogens with zero attached hydrogens (tertiary/aromatic N) is 2. The van der Waals surface area contributed by atoms with Crippen LogP contribution < -0.4 is 10.5 Å². The molecule has 3 rings (SSSR count). The molecule has 122 valence electrons. The average Bonchev–Trinajstić information content (AvgIpc) is 2.97. The number of fused-ring (bicyclic) bond motifs is 1. The van der Waals surface area contributed by atoms with Crippen LogP contribution in [0.3, 0.4) is 0 Å². The van der Waals surface area contributed by atoms with E-state index in [0.29, 0.717) is 17.5 Å². The number of hydrogen-bond donors (Lipinski definition) is 2. The van der Waals surface area contributed by atoms with E-state index < -0.39 is 10.0 Å². The minimum Gasteiger partial charge on any atom is -0.328 e. The monoisotopic (exact) mass is 346 g/mol. The Balaban J connectivity index is 0.00000176. The highest BCUT2D eigenvalue weighted by atomic mass is 35.5. The minimum absolute atomic E-state index is 0. The number of halogens is 1. The summed E-state index contributed by atoms with van der Waals surface area (Å²) in [6.45, 7) is 3.59. The van der Waals surface area contributed by atoms with E-state index >= 15 is 0 Å². The van der Waals surface area contributed by atoms with Crippen LogP contribution in [0.25, 0.3) is 11.0 Å². The van der Waals surface area contributed by atoms with Gasteiger partial charge >= 0.3 is 0 Å². The van der Waals surface area contributed by atoms with Gasteiger partial charge in [-0.25, -0.2) is 17.8 Å². The van der Waals surface area contributed by atoms with Crippen LogP contribution >= 0.6 is 12.4 Å². The second-order valence-corrected chi connectivity index (χ2v) is 7.34. The van der Waals surface area contributed by atoms with Gasteiger partial charge in [-0.2, -0.15) is 0 Å². The number of aromatic nitrogens is 2. The molecule has 9 heteroatoms. The van der Waals surface area contributed by atoms with Crippen LogP contribution in [-0.4, -0.2) is 30.8 Å². The van der Waals surface area contributed by atoms with Gasteiger partial charge in [-0.1, -0.05) is 6.07 Å². The van der Waals surface area contributed by atoms with E-state index in [-0.39, 0.29) is 34.9 Å². The van der Waals surface area contributed by atoms with Crippen LogP contribution in [0.1, 0.15) is 30.4 Å². The van der Waals surface area contributed by atoms with Gasteiger partial charge < -0.3 is 5.73 Å². The topological polar surface area (TPSA) is 111 Å². The first kappa shape index (κ1) is 17.1. The maximum Gasteiger partial charge on any atom is 0.243 e. The molecule has 0 radical (unpaired) electrons. The first-order valence-electron chi connectivity index (χ1n) is 6.89. The lowest BCUT2D eigenvalue weighted by Gasteiger charge is -2.14. The number of nitrogens with two attached hydrogens (primary N) is 1. The lowest BCUT2D eigenvalue weighted by molar-refractivity contribution is 0.315. The Labute approximate surface area is 135 Å². The van der Waals surface area contributed by atoms with Crippen LogP contribution in [0.15, 0.2) is 15.6 Å². The van der Waals surface area contributed by atoms with E-state index in [1.54, 1.807) is 13.0 Å². The Bertz CT molecular complexity index is 790. The standard InChI is InChI=1S/C13H18N4O3S.ClH/c1-7-5-8(2)13(12-11(7)15-20-16-12)21(18,19)17-10-4-3-9(14)6-10;/h5,9-10,17H,3-4,6,14H2,1-2H3;1H/t9-,10-;/m1./s1. The van der Waals surface area contributed by atoms with Crippen LogP contribution in [0.4, 0.5) is 0 Å². The van der Waals surface area contributed by atoms with Crippen LogP contribution in [0.2, 0.25) is 0 Å². The highest BCUT2D eigenvalue weighted by molar-refractivity contribution is 7.89. The number of hydrogen-bond acceptors (Lipinski definition) is 6. The van der Waals surface area contributed by atoms with Gasteiger partial charge in [-0.05, 0) is 54.6 Å². The summed E-state index contributed by atoms with van der Waals surface area (Å²) in [4.78, 5) is 0.143. The Morgan fingerprint density at radius 2 is 1.91 bits per heavy atom. The third kappa shape index (κ3) is 2.96. The molecule has 0 aliphatic heterocycles. The summed E-state index contributed by atoms with van der Waals surface area (Å²) in [5, 5.41) is 7.55. The lowest BCUT2D eigenvalue weighted by Crippen LogP contribution is -2.34. The van der Waals surface area contributed by atoms with Gasteiger partial charge in [0.15, 0.2) is 5.52 Å². The summed E-state index contributed by atoms with van der Waals surface area (Å²) in [6, 6.07) is 1.72. The van der Waals surface area contributed by atoms with E-state index in [4.69, 9.17) is 10.4 Å². The second kappa shape index (κ2) is 6.11. The molecule has 1 aromatic heterocycles. The van der Waals surface area contributed by atoms with Crippen molar-refractivity contribution in [3.05, 3.63) is 17.2 Å². The summed E-state index contributed by atoms with van der Waals surface area (Å²) in [6.07, 6.45) is 2.25. The van der Waals surface area contributed by atoms with Gasteiger partial charge in [0.2, 0.25) is 10.0 Å². The normalized spacial score (nSPS) is 22.0. The Morgan fingerprint density at radius 3 is 2.55 bits per heavy atom. The Morgan fingerprint density at radius 1 is 1.23 bits per heavy atom. The van der Waals surface area contributed by atoms with Crippen LogP contribution in [-0.2, 0) is 10.0 Å². The molecule has 2 atom stereocenters. The van der Waals surface area contributed by atoms with Crippen LogP contribution in [0.5, 0.6) is 0 Å². The third-order valence-corrected chi connectivity index (χ3v) is 5.63. The van der Waals surface area contributed by atoms with Gasteiger partial charge in [0.05, 0.1) is 0 Å². The molecule has 1 heterocycles. The average molecular weight is 347 g/mol. The molecule has 0 unspecified atom stereocenters. The van der Waals surface area contributed by atoms with Crippen molar-refractivity contribution in [2.24, 2.45) is 5.73 Å². The molecule has 3 N–H and O–H groups in total. The number of nitrogens with one attached hydrogen (secondary N) is 1. The van der Waals surface area contributed by atoms with Crippen molar-refractivity contribution in [1.82, 2.24) is 15.0 Å². The van der Waals surface area contributed by atoms with Gasteiger partial charge in [-0.3, -0.25) is 0 Å². The smallest absolute Gasteiger partial charge is 0.243 e. The van der Waals surface area contributed by atoms with Gasteiger partial charge in [0, 0.05) is 12.1 Å². The molecular weight excluding hydrogens is 328 g/mol. The maximum atomic E-state index is 12.7. The molecule has 0 amide bonds. The summed E-state index contributed by atoms with van der Waals surface area (Å²) >= 11 is 0. The number of benzene rings is 1. The van der Waals surface area contributed by atoms with E-state index in [2.05, 4.69) is 15.0 Å². The van der Waals surface area contributed by atoms with Gasteiger partial charge in [-0.15, -0.1) is 12.4 Å². The molecule has 1 aromatic carbocycles. The van der Waals surface area contributed by atoms with Crippen LogP contribution in [0, 0.1) is 13.8 Å². The van der Waals surface area contributed by atoms with Gasteiger partial charge in [0.25, 0.3) is 0 Å². The lowest BCUT2D eigenvalue weighted by atomic mass is 10.1. The van der Waals surface area contributed by atoms with Crippen molar-refractivity contribution in [1.29, 1.82) is 0 Å². The maximum absolute atomic E-state index is 12.7. The molecule has 22 heavy (non-hydrogen) atoms.